The first kappa shape index (κ1) is 16.3. The second kappa shape index (κ2) is 4.94. The average molecular weight is 332 g/mol. The zero-order valence-corrected chi connectivity index (χ0v) is 14.8. The van der Waals surface area contributed by atoms with Gasteiger partial charge in [0.25, 0.3) is 0 Å². The van der Waals surface area contributed by atoms with Gasteiger partial charge >= 0.3 is 5.97 Å². The van der Waals surface area contributed by atoms with Gasteiger partial charge in [-0.2, -0.15) is 0 Å². The molecule has 0 aromatic rings. The lowest BCUT2D eigenvalue weighted by Gasteiger charge is -2.58. The van der Waals surface area contributed by atoms with Crippen LogP contribution in [0.1, 0.15) is 58.8 Å². The fourth-order valence-electron chi connectivity index (χ4n) is 6.75. The van der Waals surface area contributed by atoms with Gasteiger partial charge in [-0.15, -0.1) is 0 Å². The van der Waals surface area contributed by atoms with E-state index in [1.165, 1.54) is 0 Å². The highest BCUT2D eigenvalue weighted by Crippen LogP contribution is 2.69. The normalized spacial score (nSPS) is 49.8. The van der Waals surface area contributed by atoms with Crippen molar-refractivity contribution in [1.29, 1.82) is 0 Å². The van der Waals surface area contributed by atoms with E-state index in [4.69, 9.17) is 4.74 Å². The highest BCUT2D eigenvalue weighted by molar-refractivity contribution is 6.03. The van der Waals surface area contributed by atoms with Gasteiger partial charge in [0.1, 0.15) is 0 Å². The minimum Gasteiger partial charge on any atom is -0.481 e. The number of hydrogen-bond donors (Lipinski definition) is 1. The number of aliphatic carboxylic acids is 1. The number of ketones is 1. The molecule has 4 rings (SSSR count). The summed E-state index contributed by atoms with van der Waals surface area (Å²) >= 11 is 0. The Bertz CT molecular complexity index is 619. The van der Waals surface area contributed by atoms with Crippen molar-refractivity contribution in [3.05, 3.63) is 12.2 Å². The van der Waals surface area contributed by atoms with E-state index in [2.05, 4.69) is 20.4 Å². The van der Waals surface area contributed by atoms with Crippen molar-refractivity contribution in [3.8, 4) is 0 Å². The van der Waals surface area contributed by atoms with Crippen LogP contribution in [0.25, 0.3) is 0 Å². The van der Waals surface area contributed by atoms with Crippen LogP contribution >= 0.6 is 0 Å². The van der Waals surface area contributed by atoms with E-state index in [9.17, 15) is 14.7 Å². The first-order chi connectivity index (χ1) is 11.2. The highest BCUT2D eigenvalue weighted by atomic mass is 16.6. The number of allylic oxidation sites excluding steroid dienone is 1. The molecule has 132 valence electrons. The minimum atomic E-state index is -0.743. The van der Waals surface area contributed by atoms with E-state index in [1.54, 1.807) is 0 Å². The lowest BCUT2D eigenvalue weighted by molar-refractivity contribution is -0.150. The molecule has 2 bridgehead atoms. The van der Waals surface area contributed by atoms with E-state index in [1.807, 2.05) is 0 Å². The van der Waals surface area contributed by atoms with E-state index < -0.39 is 5.97 Å². The molecule has 0 aromatic heterocycles. The third-order valence-electron chi connectivity index (χ3n) is 8.00. The third kappa shape index (κ3) is 2.01. The summed E-state index contributed by atoms with van der Waals surface area (Å²) in [5.74, 6) is 0.524. The molecule has 0 amide bonds. The van der Waals surface area contributed by atoms with E-state index in [-0.39, 0.29) is 34.6 Å². The van der Waals surface area contributed by atoms with E-state index >= 15 is 0 Å². The van der Waals surface area contributed by atoms with Crippen LogP contribution in [0.15, 0.2) is 12.2 Å². The molecule has 1 saturated heterocycles. The van der Waals surface area contributed by atoms with Crippen LogP contribution in [0.3, 0.4) is 0 Å². The Balaban J connectivity index is 1.74. The summed E-state index contributed by atoms with van der Waals surface area (Å²) in [4.78, 5) is 24.4. The second-order valence-corrected chi connectivity index (χ2v) is 9.13. The van der Waals surface area contributed by atoms with Crippen LogP contribution < -0.4 is 0 Å². The number of rotatable bonds is 4. The van der Waals surface area contributed by atoms with Crippen LogP contribution in [-0.2, 0) is 14.3 Å². The Labute approximate surface area is 143 Å². The van der Waals surface area contributed by atoms with Crippen molar-refractivity contribution < 1.29 is 19.4 Å². The number of carbonyl (C=O) groups excluding carboxylic acids is 1. The number of epoxide rings is 1. The Morgan fingerprint density at radius 3 is 2.62 bits per heavy atom. The fraction of sp³-hybridized carbons (Fsp3) is 0.800. The predicted molar refractivity (Wildman–Crippen MR) is 89.5 cm³/mol. The summed E-state index contributed by atoms with van der Waals surface area (Å²) < 4.78 is 5.79. The largest absolute Gasteiger partial charge is 0.481 e. The van der Waals surface area contributed by atoms with Crippen molar-refractivity contribution in [3.63, 3.8) is 0 Å². The fourth-order valence-corrected chi connectivity index (χ4v) is 6.75. The molecular formula is C20H28O4. The predicted octanol–water partition coefficient (Wildman–Crippen LogP) is 3.60. The number of fused-ring (bicyclic) bond motifs is 1. The molecule has 4 aliphatic rings. The Morgan fingerprint density at radius 1 is 1.29 bits per heavy atom. The van der Waals surface area contributed by atoms with Gasteiger partial charge < -0.3 is 9.84 Å². The van der Waals surface area contributed by atoms with Gasteiger partial charge in [0.05, 0.1) is 12.2 Å². The van der Waals surface area contributed by atoms with E-state index in [0.29, 0.717) is 18.3 Å². The van der Waals surface area contributed by atoms with Crippen LogP contribution in [-0.4, -0.2) is 29.1 Å². The molecule has 0 aromatic carbocycles. The van der Waals surface area contributed by atoms with Gasteiger partial charge in [-0.25, -0.2) is 0 Å². The first-order valence-electron chi connectivity index (χ1n) is 9.32. The SMILES string of the molecule is C=C1C(=O)[C@@]23CC[C@H](C4(C)CO4)[C@@](C)(CCC(=O)O)[C@@H]2CC[C@H]1C3. The third-order valence-corrected chi connectivity index (χ3v) is 8.00. The van der Waals surface area contributed by atoms with Crippen LogP contribution in [0.5, 0.6) is 0 Å². The number of carboxylic acid groups (broad SMARTS) is 1. The smallest absolute Gasteiger partial charge is 0.303 e. The Morgan fingerprint density at radius 2 is 2.00 bits per heavy atom. The average Bonchev–Trinajstić information content (AvgIpc) is 3.26. The molecule has 4 heteroatoms. The standard InChI is InChI=1S/C20H28O4/c1-12-13-4-5-15-18(2,8-7-16(21)22)14(19(3)11-24-19)6-9-20(15,10-13)17(12)23/h13-15H,1,4-11H2,2-3H3,(H,21,22)/t13-,14-,15-,18+,19?,20+/m0/s1. The number of carboxylic acids is 1. The zero-order chi connectivity index (χ0) is 17.3. The summed E-state index contributed by atoms with van der Waals surface area (Å²) in [7, 11) is 0. The van der Waals surface area contributed by atoms with Gasteiger partial charge in [0.15, 0.2) is 5.78 Å². The molecule has 1 aliphatic heterocycles. The molecule has 1 N–H and O–H groups in total. The maximum Gasteiger partial charge on any atom is 0.303 e. The van der Waals surface area contributed by atoms with Gasteiger partial charge in [-0.05, 0) is 74.2 Å². The zero-order valence-electron chi connectivity index (χ0n) is 14.8. The molecule has 4 nitrogen and oxygen atoms in total. The Hall–Kier alpha value is -1.16. The summed E-state index contributed by atoms with van der Waals surface area (Å²) in [5, 5.41) is 9.27. The summed E-state index contributed by atoms with van der Waals surface area (Å²) in [6.07, 6.45) is 5.72. The van der Waals surface area contributed by atoms with E-state index in [0.717, 1.165) is 44.3 Å². The summed E-state index contributed by atoms with van der Waals surface area (Å²) in [6.45, 7) is 9.27. The topological polar surface area (TPSA) is 66.9 Å². The maximum atomic E-state index is 13.1. The van der Waals surface area contributed by atoms with Gasteiger partial charge in [-0.3, -0.25) is 9.59 Å². The molecule has 1 unspecified atom stereocenters. The molecule has 4 fully saturated rings. The molecule has 1 spiro atoms. The number of hydrogen-bond acceptors (Lipinski definition) is 3. The molecule has 6 atom stereocenters. The molecule has 3 saturated carbocycles. The monoisotopic (exact) mass is 332 g/mol. The van der Waals surface area contributed by atoms with Crippen molar-refractivity contribution in [2.24, 2.45) is 28.6 Å². The molecule has 1 heterocycles. The molecular weight excluding hydrogens is 304 g/mol. The van der Waals surface area contributed by atoms with Gasteiger partial charge in [0.2, 0.25) is 0 Å². The van der Waals surface area contributed by atoms with Gasteiger partial charge in [-0.1, -0.05) is 13.5 Å². The molecule has 24 heavy (non-hydrogen) atoms. The molecule has 3 aliphatic carbocycles. The first-order valence-corrected chi connectivity index (χ1v) is 9.32. The summed E-state index contributed by atoms with van der Waals surface area (Å²) in [5.41, 5.74) is 0.303. The number of Topliss-reactive ketones (excluding diaryl/α,β-unsaturated/α-hetero) is 1. The summed E-state index contributed by atoms with van der Waals surface area (Å²) in [6, 6.07) is 0. The van der Waals surface area contributed by atoms with Crippen molar-refractivity contribution >= 4 is 11.8 Å². The maximum absolute atomic E-state index is 13.1. The van der Waals surface area contributed by atoms with Crippen LogP contribution in [0, 0.1) is 28.6 Å². The molecule has 0 radical (unpaired) electrons. The Kier molecular flexibility index (Phi) is 3.36. The van der Waals surface area contributed by atoms with Crippen molar-refractivity contribution in [2.75, 3.05) is 6.61 Å². The van der Waals surface area contributed by atoms with Crippen LogP contribution in [0.2, 0.25) is 0 Å². The quantitative estimate of drug-likeness (QED) is 0.631. The van der Waals surface area contributed by atoms with Crippen molar-refractivity contribution in [1.82, 2.24) is 0 Å². The highest BCUT2D eigenvalue weighted by Gasteiger charge is 2.68. The lowest BCUT2D eigenvalue weighted by atomic mass is 9.45. The minimum absolute atomic E-state index is 0.121. The number of carbonyl (C=O) groups is 2. The second-order valence-electron chi connectivity index (χ2n) is 9.13. The lowest BCUT2D eigenvalue weighted by Crippen LogP contribution is -2.56. The number of ether oxygens (including phenoxy) is 1. The van der Waals surface area contributed by atoms with Crippen LogP contribution in [0.4, 0.5) is 0 Å². The van der Waals surface area contributed by atoms with Crippen molar-refractivity contribution in [2.45, 2.75) is 64.4 Å². The van der Waals surface area contributed by atoms with Gasteiger partial charge in [0, 0.05) is 11.8 Å².